The minimum atomic E-state index is 0.597. The van der Waals surface area contributed by atoms with Crippen LogP contribution in [-0.2, 0) is 0 Å². The smallest absolute Gasteiger partial charge is 0.00790 e. The number of unbranched alkanes of at least 4 members (excludes halogenated alkanes) is 1. The molecule has 0 radical (unpaired) electrons. The lowest BCUT2D eigenvalue weighted by Gasteiger charge is -2.08. The van der Waals surface area contributed by atoms with Crippen molar-refractivity contribution in [2.45, 2.75) is 32.7 Å². The first-order chi connectivity index (χ1) is 5.77. The first-order valence-corrected chi connectivity index (χ1v) is 4.82. The molecule has 0 rings (SSSR count). The molecule has 0 aromatic rings. The minimum Gasteiger partial charge on any atom is -0.315 e. The summed E-state index contributed by atoms with van der Waals surface area (Å²) in [6.07, 6.45) is 4.28. The number of rotatable bonds is 8. The van der Waals surface area contributed by atoms with E-state index in [9.17, 15) is 0 Å². The molecule has 0 aromatic heterocycles. The average Bonchev–Trinajstić information content (AvgIpc) is 2.02. The Morgan fingerprint density at radius 2 is 2.00 bits per heavy atom. The molecule has 0 bridgehead atoms. The molecule has 12 heavy (non-hydrogen) atoms. The van der Waals surface area contributed by atoms with Crippen LogP contribution in [0.4, 0.5) is 0 Å². The molecule has 2 heteroatoms. The van der Waals surface area contributed by atoms with Crippen molar-refractivity contribution in [3.05, 3.63) is 12.7 Å². The third-order valence-electron chi connectivity index (χ3n) is 1.62. The first kappa shape index (κ1) is 11.7. The van der Waals surface area contributed by atoms with Gasteiger partial charge in [0.15, 0.2) is 0 Å². The molecule has 0 aliphatic rings. The molecule has 0 saturated heterocycles. The van der Waals surface area contributed by atoms with Crippen LogP contribution in [0.25, 0.3) is 0 Å². The lowest BCUT2D eigenvalue weighted by atomic mass is 10.3. The average molecular weight is 170 g/mol. The number of allylic oxidation sites excluding steroid dienone is 1. The van der Waals surface area contributed by atoms with Gasteiger partial charge in [-0.3, -0.25) is 0 Å². The molecular weight excluding hydrogens is 148 g/mol. The third kappa shape index (κ3) is 9.66. The first-order valence-electron chi connectivity index (χ1n) is 4.82. The topological polar surface area (TPSA) is 24.1 Å². The fourth-order valence-electron chi connectivity index (χ4n) is 0.946. The SMILES string of the molecule is C=CCCCNCCNC(C)C. The molecular formula is C10H22N2. The number of hydrogen-bond donors (Lipinski definition) is 2. The van der Waals surface area contributed by atoms with Gasteiger partial charge in [0.25, 0.3) is 0 Å². The summed E-state index contributed by atoms with van der Waals surface area (Å²) in [6.45, 7) is 11.2. The molecule has 0 heterocycles. The monoisotopic (exact) mass is 170 g/mol. The summed E-state index contributed by atoms with van der Waals surface area (Å²) >= 11 is 0. The maximum absolute atomic E-state index is 3.68. The molecule has 0 fully saturated rings. The van der Waals surface area contributed by atoms with Crippen molar-refractivity contribution in [2.75, 3.05) is 19.6 Å². The van der Waals surface area contributed by atoms with Gasteiger partial charge in [0.1, 0.15) is 0 Å². The highest BCUT2D eigenvalue weighted by Gasteiger charge is 1.90. The summed E-state index contributed by atoms with van der Waals surface area (Å²) in [7, 11) is 0. The maximum atomic E-state index is 3.68. The van der Waals surface area contributed by atoms with Gasteiger partial charge >= 0.3 is 0 Å². The zero-order valence-corrected chi connectivity index (χ0v) is 8.40. The van der Waals surface area contributed by atoms with Gasteiger partial charge in [0.2, 0.25) is 0 Å². The second-order valence-corrected chi connectivity index (χ2v) is 3.29. The zero-order chi connectivity index (χ0) is 9.23. The van der Waals surface area contributed by atoms with Crippen LogP contribution in [0.5, 0.6) is 0 Å². The summed E-state index contributed by atoms with van der Waals surface area (Å²) in [5.74, 6) is 0. The van der Waals surface area contributed by atoms with Crippen LogP contribution in [0.1, 0.15) is 26.7 Å². The van der Waals surface area contributed by atoms with E-state index in [4.69, 9.17) is 0 Å². The molecule has 0 unspecified atom stereocenters. The standard InChI is InChI=1S/C10H22N2/c1-4-5-6-7-11-8-9-12-10(2)3/h4,10-12H,1,5-9H2,2-3H3. The van der Waals surface area contributed by atoms with Crippen LogP contribution >= 0.6 is 0 Å². The predicted molar refractivity (Wildman–Crippen MR) is 55.4 cm³/mol. The van der Waals surface area contributed by atoms with Crippen molar-refractivity contribution in [1.29, 1.82) is 0 Å². The molecule has 2 nitrogen and oxygen atoms in total. The molecule has 0 atom stereocenters. The van der Waals surface area contributed by atoms with E-state index in [0.29, 0.717) is 6.04 Å². The Bertz CT molecular complexity index is 100. The van der Waals surface area contributed by atoms with Crippen LogP contribution in [-0.4, -0.2) is 25.7 Å². The normalized spacial score (nSPS) is 10.6. The van der Waals surface area contributed by atoms with Gasteiger partial charge in [0, 0.05) is 19.1 Å². The van der Waals surface area contributed by atoms with E-state index >= 15 is 0 Å². The fourth-order valence-corrected chi connectivity index (χ4v) is 0.946. The molecule has 0 amide bonds. The highest BCUT2D eigenvalue weighted by molar-refractivity contribution is 4.66. The van der Waals surface area contributed by atoms with Gasteiger partial charge < -0.3 is 10.6 Å². The Morgan fingerprint density at radius 1 is 1.25 bits per heavy atom. The van der Waals surface area contributed by atoms with E-state index in [0.717, 1.165) is 26.1 Å². The van der Waals surface area contributed by atoms with Crippen LogP contribution in [0.2, 0.25) is 0 Å². The van der Waals surface area contributed by atoms with Crippen LogP contribution in [0.15, 0.2) is 12.7 Å². The van der Waals surface area contributed by atoms with E-state index in [1.165, 1.54) is 6.42 Å². The molecule has 72 valence electrons. The van der Waals surface area contributed by atoms with Crippen LogP contribution < -0.4 is 10.6 Å². The summed E-state index contributed by atoms with van der Waals surface area (Å²) in [5, 5.41) is 6.72. The summed E-state index contributed by atoms with van der Waals surface area (Å²) in [4.78, 5) is 0. The molecule has 0 aliphatic heterocycles. The van der Waals surface area contributed by atoms with Crippen molar-refractivity contribution in [3.8, 4) is 0 Å². The van der Waals surface area contributed by atoms with E-state index in [1.54, 1.807) is 0 Å². The van der Waals surface area contributed by atoms with Gasteiger partial charge in [-0.15, -0.1) is 6.58 Å². The Labute approximate surface area is 76.4 Å². The minimum absolute atomic E-state index is 0.597. The van der Waals surface area contributed by atoms with Gasteiger partial charge in [-0.2, -0.15) is 0 Å². The van der Waals surface area contributed by atoms with Crippen molar-refractivity contribution < 1.29 is 0 Å². The van der Waals surface area contributed by atoms with Gasteiger partial charge in [-0.05, 0) is 19.4 Å². The summed E-state index contributed by atoms with van der Waals surface area (Å²) in [6, 6.07) is 0.597. The van der Waals surface area contributed by atoms with Crippen LogP contribution in [0.3, 0.4) is 0 Å². The lowest BCUT2D eigenvalue weighted by molar-refractivity contribution is 0.551. The molecule has 0 saturated carbocycles. The van der Waals surface area contributed by atoms with Crippen molar-refractivity contribution in [2.24, 2.45) is 0 Å². The molecule has 0 spiro atoms. The summed E-state index contributed by atoms with van der Waals surface area (Å²) in [5.41, 5.74) is 0. The Hall–Kier alpha value is -0.340. The number of hydrogen-bond acceptors (Lipinski definition) is 2. The Morgan fingerprint density at radius 3 is 2.58 bits per heavy atom. The highest BCUT2D eigenvalue weighted by atomic mass is 14.9. The Kier molecular flexibility index (Phi) is 8.51. The van der Waals surface area contributed by atoms with Crippen LogP contribution in [0, 0.1) is 0 Å². The Balaban J connectivity index is 2.86. The third-order valence-corrected chi connectivity index (χ3v) is 1.62. The second-order valence-electron chi connectivity index (χ2n) is 3.29. The number of nitrogens with one attached hydrogen (secondary N) is 2. The van der Waals surface area contributed by atoms with E-state index in [-0.39, 0.29) is 0 Å². The van der Waals surface area contributed by atoms with Crippen molar-refractivity contribution >= 4 is 0 Å². The largest absolute Gasteiger partial charge is 0.315 e. The maximum Gasteiger partial charge on any atom is 0.00790 e. The summed E-state index contributed by atoms with van der Waals surface area (Å²) < 4.78 is 0. The van der Waals surface area contributed by atoms with E-state index < -0.39 is 0 Å². The van der Waals surface area contributed by atoms with Gasteiger partial charge in [0.05, 0.1) is 0 Å². The lowest BCUT2D eigenvalue weighted by Crippen LogP contribution is -2.31. The van der Waals surface area contributed by atoms with Crippen molar-refractivity contribution in [3.63, 3.8) is 0 Å². The zero-order valence-electron chi connectivity index (χ0n) is 8.40. The molecule has 2 N–H and O–H groups in total. The van der Waals surface area contributed by atoms with E-state index in [2.05, 4.69) is 31.1 Å². The highest BCUT2D eigenvalue weighted by Crippen LogP contribution is 1.85. The predicted octanol–water partition coefficient (Wildman–Crippen LogP) is 1.54. The molecule has 0 aliphatic carbocycles. The quantitative estimate of drug-likeness (QED) is 0.426. The fraction of sp³-hybridized carbons (Fsp3) is 0.800. The van der Waals surface area contributed by atoms with Crippen molar-refractivity contribution in [1.82, 2.24) is 10.6 Å². The second kappa shape index (κ2) is 8.75. The van der Waals surface area contributed by atoms with E-state index in [1.807, 2.05) is 6.08 Å². The van der Waals surface area contributed by atoms with Gasteiger partial charge in [-0.25, -0.2) is 0 Å². The molecule has 0 aromatic carbocycles. The van der Waals surface area contributed by atoms with Gasteiger partial charge in [-0.1, -0.05) is 19.9 Å².